The molecule has 0 fully saturated rings. The Labute approximate surface area is 120 Å². The van der Waals surface area contributed by atoms with E-state index in [1.807, 2.05) is 23.1 Å². The van der Waals surface area contributed by atoms with E-state index >= 15 is 0 Å². The highest BCUT2D eigenvalue weighted by atomic mass is 32.2. The fourth-order valence-electron chi connectivity index (χ4n) is 1.82. The van der Waals surface area contributed by atoms with Gasteiger partial charge in [-0.1, -0.05) is 45.5 Å². The van der Waals surface area contributed by atoms with Crippen LogP contribution in [0.2, 0.25) is 0 Å². The minimum atomic E-state index is 0.207. The van der Waals surface area contributed by atoms with Gasteiger partial charge in [0.15, 0.2) is 0 Å². The van der Waals surface area contributed by atoms with Gasteiger partial charge in [-0.2, -0.15) is 0 Å². The van der Waals surface area contributed by atoms with Crippen LogP contribution in [0.3, 0.4) is 0 Å². The summed E-state index contributed by atoms with van der Waals surface area (Å²) in [4.78, 5) is 18.5. The topological polar surface area (TPSA) is 33.2 Å². The Balaban J connectivity index is 2.51. The first-order valence-corrected chi connectivity index (χ1v) is 7.79. The number of thioether (sulfide) groups is 1. The summed E-state index contributed by atoms with van der Waals surface area (Å²) in [6.45, 7) is 10.2. The SMILES string of the molecule is CC(C)CN(CC(C)C)C(=O)CSc1ccccn1. The summed E-state index contributed by atoms with van der Waals surface area (Å²) in [6, 6.07) is 5.77. The van der Waals surface area contributed by atoms with Gasteiger partial charge in [0.25, 0.3) is 0 Å². The minimum Gasteiger partial charge on any atom is -0.341 e. The van der Waals surface area contributed by atoms with Gasteiger partial charge in [0, 0.05) is 19.3 Å². The van der Waals surface area contributed by atoms with Crippen LogP contribution in [-0.2, 0) is 4.79 Å². The van der Waals surface area contributed by atoms with E-state index in [-0.39, 0.29) is 5.91 Å². The van der Waals surface area contributed by atoms with Gasteiger partial charge in [-0.3, -0.25) is 4.79 Å². The van der Waals surface area contributed by atoms with Crippen molar-refractivity contribution in [2.45, 2.75) is 32.7 Å². The highest BCUT2D eigenvalue weighted by Crippen LogP contribution is 2.15. The van der Waals surface area contributed by atoms with Crippen molar-refractivity contribution >= 4 is 17.7 Å². The molecule has 0 bridgehead atoms. The van der Waals surface area contributed by atoms with Crippen LogP contribution in [0.25, 0.3) is 0 Å². The molecular formula is C15H24N2OS. The van der Waals surface area contributed by atoms with Gasteiger partial charge in [0.2, 0.25) is 5.91 Å². The van der Waals surface area contributed by atoms with Crippen LogP contribution in [-0.4, -0.2) is 34.6 Å². The summed E-state index contributed by atoms with van der Waals surface area (Å²) in [7, 11) is 0. The number of amides is 1. The highest BCUT2D eigenvalue weighted by Gasteiger charge is 2.16. The van der Waals surface area contributed by atoms with E-state index in [0.717, 1.165) is 18.1 Å². The Morgan fingerprint density at radius 3 is 2.32 bits per heavy atom. The number of carbonyl (C=O) groups is 1. The maximum absolute atomic E-state index is 12.3. The number of carbonyl (C=O) groups excluding carboxylic acids is 1. The normalized spacial score (nSPS) is 11.1. The Hall–Kier alpha value is -1.03. The maximum Gasteiger partial charge on any atom is 0.233 e. The molecule has 0 saturated carbocycles. The van der Waals surface area contributed by atoms with Crippen molar-refractivity contribution in [2.24, 2.45) is 11.8 Å². The number of rotatable bonds is 7. The fourth-order valence-corrected chi connectivity index (χ4v) is 2.58. The molecule has 0 aliphatic rings. The molecule has 0 atom stereocenters. The van der Waals surface area contributed by atoms with Crippen molar-refractivity contribution in [1.29, 1.82) is 0 Å². The molecule has 1 aromatic heterocycles. The minimum absolute atomic E-state index is 0.207. The first-order valence-electron chi connectivity index (χ1n) is 6.80. The Morgan fingerprint density at radius 1 is 1.21 bits per heavy atom. The Bertz CT molecular complexity index is 369. The molecule has 1 rings (SSSR count). The number of hydrogen-bond donors (Lipinski definition) is 0. The van der Waals surface area contributed by atoms with E-state index in [1.165, 1.54) is 11.8 Å². The summed E-state index contributed by atoms with van der Waals surface area (Å²) in [5, 5.41) is 0.907. The molecule has 4 heteroatoms. The second-order valence-electron chi connectivity index (χ2n) is 5.54. The second kappa shape index (κ2) is 8.20. The summed E-state index contributed by atoms with van der Waals surface area (Å²) < 4.78 is 0. The Kier molecular flexibility index (Phi) is 6.92. The zero-order valence-electron chi connectivity index (χ0n) is 12.3. The van der Waals surface area contributed by atoms with Gasteiger partial charge in [-0.25, -0.2) is 4.98 Å². The lowest BCUT2D eigenvalue weighted by Gasteiger charge is -2.26. The van der Waals surface area contributed by atoms with Gasteiger partial charge < -0.3 is 4.90 Å². The molecule has 0 aliphatic heterocycles. The van der Waals surface area contributed by atoms with E-state index in [1.54, 1.807) is 6.20 Å². The number of pyridine rings is 1. The first-order chi connectivity index (χ1) is 8.99. The number of aromatic nitrogens is 1. The largest absolute Gasteiger partial charge is 0.341 e. The molecule has 0 aromatic carbocycles. The van der Waals surface area contributed by atoms with Crippen LogP contribution in [0, 0.1) is 11.8 Å². The summed E-state index contributed by atoms with van der Waals surface area (Å²) in [5.74, 6) is 1.68. The van der Waals surface area contributed by atoms with E-state index in [9.17, 15) is 4.79 Å². The van der Waals surface area contributed by atoms with Crippen molar-refractivity contribution in [1.82, 2.24) is 9.88 Å². The zero-order valence-corrected chi connectivity index (χ0v) is 13.1. The van der Waals surface area contributed by atoms with Crippen molar-refractivity contribution in [2.75, 3.05) is 18.8 Å². The summed E-state index contributed by atoms with van der Waals surface area (Å²) >= 11 is 1.51. The molecular weight excluding hydrogens is 256 g/mol. The van der Waals surface area contributed by atoms with Crippen molar-refractivity contribution < 1.29 is 4.79 Å². The molecule has 1 heterocycles. The molecule has 0 unspecified atom stereocenters. The van der Waals surface area contributed by atoms with Crippen molar-refractivity contribution in [3.8, 4) is 0 Å². The summed E-state index contributed by atoms with van der Waals surface area (Å²) in [6.07, 6.45) is 1.76. The number of nitrogens with zero attached hydrogens (tertiary/aromatic N) is 2. The lowest BCUT2D eigenvalue weighted by atomic mass is 10.1. The van der Waals surface area contributed by atoms with E-state index < -0.39 is 0 Å². The third-order valence-electron chi connectivity index (χ3n) is 2.51. The lowest BCUT2D eigenvalue weighted by molar-refractivity contribution is -0.129. The molecule has 3 nitrogen and oxygen atoms in total. The van der Waals surface area contributed by atoms with E-state index in [2.05, 4.69) is 32.7 Å². The zero-order chi connectivity index (χ0) is 14.3. The number of hydrogen-bond acceptors (Lipinski definition) is 3. The molecule has 0 saturated heterocycles. The van der Waals surface area contributed by atoms with Crippen LogP contribution >= 0.6 is 11.8 Å². The molecule has 0 spiro atoms. The predicted octanol–water partition coefficient (Wildman–Crippen LogP) is 3.31. The molecule has 0 N–H and O–H groups in total. The highest BCUT2D eigenvalue weighted by molar-refractivity contribution is 7.99. The monoisotopic (exact) mass is 280 g/mol. The predicted molar refractivity (Wildman–Crippen MR) is 81.2 cm³/mol. The van der Waals surface area contributed by atoms with E-state index in [4.69, 9.17) is 0 Å². The maximum atomic E-state index is 12.3. The smallest absolute Gasteiger partial charge is 0.233 e. The lowest BCUT2D eigenvalue weighted by Crippen LogP contribution is -2.38. The molecule has 106 valence electrons. The third-order valence-corrected chi connectivity index (χ3v) is 3.43. The molecule has 1 amide bonds. The van der Waals surface area contributed by atoms with Crippen LogP contribution in [0.5, 0.6) is 0 Å². The average molecular weight is 280 g/mol. The molecule has 0 aliphatic carbocycles. The van der Waals surface area contributed by atoms with Crippen LogP contribution in [0.4, 0.5) is 0 Å². The van der Waals surface area contributed by atoms with Gasteiger partial charge in [-0.05, 0) is 24.0 Å². The van der Waals surface area contributed by atoms with Gasteiger partial charge in [-0.15, -0.1) is 0 Å². The Morgan fingerprint density at radius 2 is 1.84 bits per heavy atom. The molecule has 1 aromatic rings. The van der Waals surface area contributed by atoms with Crippen molar-refractivity contribution in [3.63, 3.8) is 0 Å². The fraction of sp³-hybridized carbons (Fsp3) is 0.600. The standard InChI is InChI=1S/C15H24N2OS/c1-12(2)9-17(10-13(3)4)15(18)11-19-14-7-5-6-8-16-14/h5-8,12-13H,9-11H2,1-4H3. The van der Waals surface area contributed by atoms with Crippen LogP contribution in [0.15, 0.2) is 29.4 Å². The second-order valence-corrected chi connectivity index (χ2v) is 6.54. The molecule has 0 radical (unpaired) electrons. The van der Waals surface area contributed by atoms with Gasteiger partial charge >= 0.3 is 0 Å². The quantitative estimate of drug-likeness (QED) is 0.718. The first kappa shape index (κ1) is 16.0. The van der Waals surface area contributed by atoms with E-state index in [0.29, 0.717) is 17.6 Å². The van der Waals surface area contributed by atoms with Crippen LogP contribution < -0.4 is 0 Å². The van der Waals surface area contributed by atoms with Gasteiger partial charge in [0.05, 0.1) is 10.8 Å². The van der Waals surface area contributed by atoms with Crippen LogP contribution in [0.1, 0.15) is 27.7 Å². The third kappa shape index (κ3) is 6.62. The summed E-state index contributed by atoms with van der Waals surface area (Å²) in [5.41, 5.74) is 0. The van der Waals surface area contributed by atoms with Crippen molar-refractivity contribution in [3.05, 3.63) is 24.4 Å². The van der Waals surface area contributed by atoms with Gasteiger partial charge in [0.1, 0.15) is 0 Å². The molecule has 19 heavy (non-hydrogen) atoms. The average Bonchev–Trinajstić information content (AvgIpc) is 2.35.